The number of sulfone groups is 1. The molecule has 0 unspecified atom stereocenters. The van der Waals surface area contributed by atoms with Gasteiger partial charge in [0.1, 0.15) is 11.4 Å². The Balaban J connectivity index is 1.54. The van der Waals surface area contributed by atoms with Crippen LogP contribution in [0.25, 0.3) is 34.0 Å². The second-order valence-corrected chi connectivity index (χ2v) is 10.8. The van der Waals surface area contributed by atoms with E-state index in [1.54, 1.807) is 56.6 Å². The average molecular weight is 493 g/mol. The second kappa shape index (κ2) is 9.67. The van der Waals surface area contributed by atoms with Crippen LogP contribution in [-0.2, 0) is 16.4 Å². The van der Waals surface area contributed by atoms with Gasteiger partial charge >= 0.3 is 6.09 Å². The molecule has 0 atom stereocenters. The quantitative estimate of drug-likeness (QED) is 0.391. The minimum absolute atomic E-state index is 0.265. The first-order chi connectivity index (χ1) is 16.6. The van der Waals surface area contributed by atoms with E-state index in [0.29, 0.717) is 22.8 Å². The van der Waals surface area contributed by atoms with Crippen molar-refractivity contribution in [1.82, 2.24) is 20.0 Å². The van der Waals surface area contributed by atoms with E-state index in [2.05, 4.69) is 15.1 Å². The van der Waals surface area contributed by atoms with E-state index in [-0.39, 0.29) is 11.4 Å². The molecule has 0 aliphatic rings. The number of rotatable bonds is 7. The molecule has 4 rings (SSSR count). The zero-order valence-electron chi connectivity index (χ0n) is 19.4. The smallest absolute Gasteiger partial charge is 0.407 e. The minimum Gasteiger partial charge on any atom is -0.465 e. The zero-order valence-corrected chi connectivity index (χ0v) is 20.2. The van der Waals surface area contributed by atoms with Crippen molar-refractivity contribution in [1.29, 1.82) is 0 Å². The monoisotopic (exact) mass is 492 g/mol. The van der Waals surface area contributed by atoms with Crippen molar-refractivity contribution in [3.8, 4) is 34.0 Å². The Bertz CT molecular complexity index is 1450. The third-order valence-electron chi connectivity index (χ3n) is 5.49. The highest BCUT2D eigenvalue weighted by atomic mass is 32.2. The number of aromatic nitrogens is 3. The van der Waals surface area contributed by atoms with Crippen LogP contribution in [0, 0.1) is 0 Å². The van der Waals surface area contributed by atoms with Crippen LogP contribution in [0.2, 0.25) is 0 Å². The molecule has 0 bridgehead atoms. The maximum absolute atomic E-state index is 12.4. The maximum atomic E-state index is 12.4. The highest BCUT2D eigenvalue weighted by molar-refractivity contribution is 7.92. The van der Waals surface area contributed by atoms with Crippen molar-refractivity contribution in [2.75, 3.05) is 7.05 Å². The van der Waals surface area contributed by atoms with Gasteiger partial charge in [-0.25, -0.2) is 18.2 Å². The van der Waals surface area contributed by atoms with E-state index in [9.17, 15) is 13.2 Å². The molecule has 0 aliphatic carbocycles. The van der Waals surface area contributed by atoms with Gasteiger partial charge in [0.05, 0.1) is 28.2 Å². The molecular formula is C25H24N4O5S. The molecule has 0 saturated carbocycles. The molecule has 4 aromatic rings. The normalized spacial score (nSPS) is 11.5. The van der Waals surface area contributed by atoms with Crippen molar-refractivity contribution < 1.29 is 22.8 Å². The van der Waals surface area contributed by atoms with E-state index in [4.69, 9.17) is 9.63 Å². The van der Waals surface area contributed by atoms with Crippen LogP contribution in [0.3, 0.4) is 0 Å². The van der Waals surface area contributed by atoms with Gasteiger partial charge in [-0.05, 0) is 31.5 Å². The van der Waals surface area contributed by atoms with E-state index in [1.165, 1.54) is 11.9 Å². The van der Waals surface area contributed by atoms with Gasteiger partial charge in [0, 0.05) is 30.8 Å². The predicted molar refractivity (Wildman–Crippen MR) is 130 cm³/mol. The van der Waals surface area contributed by atoms with Crippen molar-refractivity contribution in [3.63, 3.8) is 0 Å². The summed E-state index contributed by atoms with van der Waals surface area (Å²) in [5.74, 6) is 0.433. The summed E-state index contributed by atoms with van der Waals surface area (Å²) in [6.07, 6.45) is 2.17. The Morgan fingerprint density at radius 3 is 2.20 bits per heavy atom. The third-order valence-corrected chi connectivity index (χ3v) is 7.66. The Kier molecular flexibility index (Phi) is 6.65. The molecule has 2 heterocycles. The summed E-state index contributed by atoms with van der Waals surface area (Å²) >= 11 is 0. The van der Waals surface area contributed by atoms with Crippen LogP contribution in [-0.4, -0.2) is 51.9 Å². The van der Waals surface area contributed by atoms with Crippen LogP contribution in [0.4, 0.5) is 4.79 Å². The van der Waals surface area contributed by atoms with Gasteiger partial charge in [-0.1, -0.05) is 41.6 Å². The Morgan fingerprint density at radius 2 is 1.57 bits per heavy atom. The van der Waals surface area contributed by atoms with Gasteiger partial charge in [-0.15, -0.1) is 0 Å². The fraction of sp³-hybridized carbons (Fsp3) is 0.200. The summed E-state index contributed by atoms with van der Waals surface area (Å²) in [6, 6.07) is 15.7. The second-order valence-electron chi connectivity index (χ2n) is 8.32. The molecule has 10 heteroatoms. The SMILES string of the molecule is CC(C)S(=O)(=O)c1ccc(-c2cncc(-c3cc(-c4ccc(CN(C)C(=O)O)cc4)no3)n2)cc1. The summed E-state index contributed by atoms with van der Waals surface area (Å²) in [6.45, 7) is 3.58. The average Bonchev–Trinajstić information content (AvgIpc) is 3.35. The molecule has 0 spiro atoms. The van der Waals surface area contributed by atoms with E-state index < -0.39 is 21.2 Å². The molecule has 0 saturated heterocycles. The molecule has 9 nitrogen and oxygen atoms in total. The van der Waals surface area contributed by atoms with Crippen molar-refractivity contribution in [2.24, 2.45) is 0 Å². The van der Waals surface area contributed by atoms with Crippen molar-refractivity contribution in [2.45, 2.75) is 30.5 Å². The molecule has 0 radical (unpaired) electrons. The third kappa shape index (κ3) is 5.22. The van der Waals surface area contributed by atoms with Gasteiger partial charge < -0.3 is 14.5 Å². The van der Waals surface area contributed by atoms with Crippen LogP contribution in [0.5, 0.6) is 0 Å². The van der Waals surface area contributed by atoms with E-state index >= 15 is 0 Å². The number of nitrogens with zero attached hydrogens (tertiary/aromatic N) is 4. The molecule has 180 valence electrons. The topological polar surface area (TPSA) is 126 Å². The fourth-order valence-electron chi connectivity index (χ4n) is 3.37. The lowest BCUT2D eigenvalue weighted by Crippen LogP contribution is -2.23. The van der Waals surface area contributed by atoms with Gasteiger partial charge in [-0.2, -0.15) is 0 Å². The molecule has 2 aromatic heterocycles. The van der Waals surface area contributed by atoms with Crippen LogP contribution >= 0.6 is 0 Å². The number of amides is 1. The van der Waals surface area contributed by atoms with Crippen LogP contribution in [0.1, 0.15) is 19.4 Å². The molecular weight excluding hydrogens is 468 g/mol. The van der Waals surface area contributed by atoms with Gasteiger partial charge in [0.25, 0.3) is 0 Å². The lowest BCUT2D eigenvalue weighted by molar-refractivity contribution is 0.154. The largest absolute Gasteiger partial charge is 0.465 e. The standard InChI is InChI=1S/C25H24N4O5S/c1-16(2)35(32,33)20-10-8-19(9-11-20)22-13-26-14-23(27-22)24-12-21(28-34-24)18-6-4-17(5-7-18)15-29(3)25(30)31/h4-14,16H,15H2,1-3H3,(H,30,31). The highest BCUT2D eigenvalue weighted by Crippen LogP contribution is 2.27. The first-order valence-corrected chi connectivity index (χ1v) is 12.4. The Hall–Kier alpha value is -4.05. The molecule has 1 N–H and O–H groups in total. The van der Waals surface area contributed by atoms with Gasteiger partial charge in [0.15, 0.2) is 15.6 Å². The van der Waals surface area contributed by atoms with Gasteiger partial charge in [0.2, 0.25) is 0 Å². The number of carboxylic acid groups (broad SMARTS) is 1. The van der Waals surface area contributed by atoms with Crippen LogP contribution in [0.15, 0.2) is 76.4 Å². The Labute approximate surface area is 203 Å². The minimum atomic E-state index is -3.35. The molecule has 1 amide bonds. The number of benzene rings is 2. The lowest BCUT2D eigenvalue weighted by atomic mass is 10.1. The first-order valence-electron chi connectivity index (χ1n) is 10.8. The molecule has 35 heavy (non-hydrogen) atoms. The molecule has 2 aromatic carbocycles. The first kappa shape index (κ1) is 24.1. The highest BCUT2D eigenvalue weighted by Gasteiger charge is 2.19. The number of hydrogen-bond acceptors (Lipinski definition) is 7. The van der Waals surface area contributed by atoms with E-state index in [0.717, 1.165) is 16.7 Å². The van der Waals surface area contributed by atoms with Crippen LogP contribution < -0.4 is 0 Å². The lowest BCUT2D eigenvalue weighted by Gasteiger charge is -2.12. The summed E-state index contributed by atoms with van der Waals surface area (Å²) in [4.78, 5) is 21.3. The number of carbonyl (C=O) groups is 1. The summed E-state index contributed by atoms with van der Waals surface area (Å²) < 4.78 is 30.2. The Morgan fingerprint density at radius 1 is 0.971 bits per heavy atom. The summed E-state index contributed by atoms with van der Waals surface area (Å²) in [7, 11) is -1.84. The number of hydrogen-bond donors (Lipinski definition) is 1. The molecule has 0 aliphatic heterocycles. The van der Waals surface area contributed by atoms with Crippen molar-refractivity contribution in [3.05, 3.63) is 72.6 Å². The fourth-order valence-corrected chi connectivity index (χ4v) is 4.43. The zero-order chi connectivity index (χ0) is 25.2. The predicted octanol–water partition coefficient (Wildman–Crippen LogP) is 4.76. The van der Waals surface area contributed by atoms with Gasteiger partial charge in [-0.3, -0.25) is 4.98 Å². The molecule has 0 fully saturated rings. The maximum Gasteiger partial charge on any atom is 0.407 e. The van der Waals surface area contributed by atoms with Crippen molar-refractivity contribution >= 4 is 15.9 Å². The summed E-state index contributed by atoms with van der Waals surface area (Å²) in [5, 5.41) is 12.6. The summed E-state index contributed by atoms with van der Waals surface area (Å²) in [5.41, 5.74) is 4.05. The van der Waals surface area contributed by atoms with E-state index in [1.807, 2.05) is 24.3 Å².